The summed E-state index contributed by atoms with van der Waals surface area (Å²) >= 11 is 0. The highest BCUT2D eigenvalue weighted by molar-refractivity contribution is 7.92. The largest absolute Gasteiger partial charge is 0.346 e. The maximum absolute atomic E-state index is 12.8. The molecule has 1 amide bonds. The number of amides is 1. The van der Waals surface area contributed by atoms with E-state index < -0.39 is 10.0 Å². The zero-order valence-electron chi connectivity index (χ0n) is 18.4. The van der Waals surface area contributed by atoms with Crippen molar-refractivity contribution in [3.63, 3.8) is 0 Å². The average molecular weight is 449 g/mol. The number of fused-ring (bicyclic) bond motifs is 1. The Hall–Kier alpha value is -3.12. The van der Waals surface area contributed by atoms with Crippen LogP contribution in [0.5, 0.6) is 0 Å². The minimum absolute atomic E-state index is 0.0908. The van der Waals surface area contributed by atoms with Crippen LogP contribution in [0.4, 0.5) is 5.69 Å². The SMILES string of the molecule is C[C@@H](NC(=O)c1ccc(CN(c2ccccc2)S(C)(=O)=O)cc1)c1ccc2c(c1)CCC2. The number of carbonyl (C=O) groups is 1. The Morgan fingerprint density at radius 3 is 2.34 bits per heavy atom. The second-order valence-corrected chi connectivity index (χ2v) is 10.3. The lowest BCUT2D eigenvalue weighted by molar-refractivity contribution is 0.0940. The first-order valence-electron chi connectivity index (χ1n) is 10.9. The van der Waals surface area contributed by atoms with Gasteiger partial charge in [0.1, 0.15) is 0 Å². The third-order valence-corrected chi connectivity index (χ3v) is 7.10. The van der Waals surface area contributed by atoms with Crippen LogP contribution in [-0.2, 0) is 29.4 Å². The molecule has 1 aliphatic rings. The molecule has 0 aromatic heterocycles. The van der Waals surface area contributed by atoms with Gasteiger partial charge < -0.3 is 5.32 Å². The van der Waals surface area contributed by atoms with Crippen molar-refractivity contribution in [2.75, 3.05) is 10.6 Å². The van der Waals surface area contributed by atoms with Crippen LogP contribution in [0.25, 0.3) is 0 Å². The lowest BCUT2D eigenvalue weighted by Crippen LogP contribution is -2.29. The molecule has 0 unspecified atom stereocenters. The summed E-state index contributed by atoms with van der Waals surface area (Å²) < 4.78 is 26.0. The molecule has 3 aromatic carbocycles. The predicted molar refractivity (Wildman–Crippen MR) is 128 cm³/mol. The smallest absolute Gasteiger partial charge is 0.251 e. The van der Waals surface area contributed by atoms with Crippen LogP contribution in [-0.4, -0.2) is 20.6 Å². The summed E-state index contributed by atoms with van der Waals surface area (Å²) in [6.07, 6.45) is 4.65. The van der Waals surface area contributed by atoms with Crippen LogP contribution in [0.2, 0.25) is 0 Å². The quantitative estimate of drug-likeness (QED) is 0.573. The molecule has 0 spiro atoms. The van der Waals surface area contributed by atoms with E-state index in [2.05, 4.69) is 23.5 Å². The number of nitrogens with one attached hydrogen (secondary N) is 1. The average Bonchev–Trinajstić information content (AvgIpc) is 3.25. The fourth-order valence-corrected chi connectivity index (χ4v) is 5.03. The molecule has 0 saturated heterocycles. The minimum atomic E-state index is -3.44. The van der Waals surface area contributed by atoms with E-state index in [1.807, 2.05) is 25.1 Å². The molecule has 0 saturated carbocycles. The normalized spacial score (nSPS) is 13.9. The summed E-state index contributed by atoms with van der Waals surface area (Å²) in [5.41, 5.74) is 5.89. The van der Waals surface area contributed by atoms with Gasteiger partial charge in [0.05, 0.1) is 24.5 Å². The van der Waals surface area contributed by atoms with Crippen molar-refractivity contribution in [3.05, 3.63) is 101 Å². The number of carbonyl (C=O) groups excluding carboxylic acids is 1. The van der Waals surface area contributed by atoms with Crippen LogP contribution >= 0.6 is 0 Å². The lowest BCUT2D eigenvalue weighted by atomic mass is 10.0. The van der Waals surface area contributed by atoms with Gasteiger partial charge in [-0.15, -0.1) is 0 Å². The highest BCUT2D eigenvalue weighted by Crippen LogP contribution is 2.26. The van der Waals surface area contributed by atoms with Gasteiger partial charge in [-0.2, -0.15) is 0 Å². The molecule has 0 fully saturated rings. The van der Waals surface area contributed by atoms with Crippen LogP contribution in [0.1, 0.15) is 52.0 Å². The van der Waals surface area contributed by atoms with E-state index in [1.165, 1.54) is 28.1 Å². The molecule has 4 rings (SSSR count). The highest BCUT2D eigenvalue weighted by atomic mass is 32.2. The molecule has 6 heteroatoms. The first-order chi connectivity index (χ1) is 15.3. The third-order valence-electron chi connectivity index (χ3n) is 5.96. The van der Waals surface area contributed by atoms with Gasteiger partial charge in [-0.3, -0.25) is 9.10 Å². The fourth-order valence-electron chi connectivity index (χ4n) is 4.15. The number of anilines is 1. The standard InChI is InChI=1S/C26H28N2O3S/c1-19(23-16-15-21-7-6-8-24(21)17-23)27-26(29)22-13-11-20(12-14-22)18-28(32(2,30)31)25-9-4-3-5-10-25/h3-5,9-17,19H,6-8,18H2,1-2H3,(H,27,29)/t19-/m1/s1. The number of para-hydroxylation sites is 1. The van der Waals surface area contributed by atoms with E-state index in [0.717, 1.165) is 24.0 Å². The molecule has 0 aliphatic heterocycles. The number of benzene rings is 3. The number of sulfonamides is 1. The van der Waals surface area contributed by atoms with Gasteiger partial charge in [0.2, 0.25) is 10.0 Å². The Labute approximate surface area is 190 Å². The summed E-state index contributed by atoms with van der Waals surface area (Å²) in [5, 5.41) is 3.07. The minimum Gasteiger partial charge on any atom is -0.346 e. The van der Waals surface area contributed by atoms with Crippen molar-refractivity contribution < 1.29 is 13.2 Å². The molecular weight excluding hydrogens is 420 g/mol. The molecule has 0 bridgehead atoms. The van der Waals surface area contributed by atoms with Crippen molar-refractivity contribution in [3.8, 4) is 0 Å². The van der Waals surface area contributed by atoms with E-state index in [-0.39, 0.29) is 18.5 Å². The van der Waals surface area contributed by atoms with Gasteiger partial charge in [-0.25, -0.2) is 8.42 Å². The fraction of sp³-hybridized carbons (Fsp3) is 0.269. The maximum Gasteiger partial charge on any atom is 0.251 e. The Balaban J connectivity index is 1.44. The molecule has 1 aliphatic carbocycles. The van der Waals surface area contributed by atoms with Crippen molar-refractivity contribution in [2.45, 2.75) is 38.8 Å². The monoisotopic (exact) mass is 448 g/mol. The molecule has 166 valence electrons. The Kier molecular flexibility index (Phi) is 6.33. The summed E-state index contributed by atoms with van der Waals surface area (Å²) in [7, 11) is -3.44. The van der Waals surface area contributed by atoms with Crippen molar-refractivity contribution in [2.24, 2.45) is 0 Å². The molecule has 3 aromatic rings. The lowest BCUT2D eigenvalue weighted by Gasteiger charge is -2.22. The zero-order chi connectivity index (χ0) is 22.7. The zero-order valence-corrected chi connectivity index (χ0v) is 19.2. The first-order valence-corrected chi connectivity index (χ1v) is 12.7. The summed E-state index contributed by atoms with van der Waals surface area (Å²) in [4.78, 5) is 12.8. The Morgan fingerprint density at radius 2 is 1.66 bits per heavy atom. The van der Waals surface area contributed by atoms with Crippen LogP contribution in [0.3, 0.4) is 0 Å². The van der Waals surface area contributed by atoms with Gasteiger partial charge >= 0.3 is 0 Å². The maximum atomic E-state index is 12.8. The van der Waals surface area contributed by atoms with Gasteiger partial charge in [0.15, 0.2) is 0 Å². The number of rotatable bonds is 7. The van der Waals surface area contributed by atoms with Crippen molar-refractivity contribution in [1.29, 1.82) is 0 Å². The number of aryl methyl sites for hydroxylation is 2. The molecule has 0 radical (unpaired) electrons. The van der Waals surface area contributed by atoms with Crippen LogP contribution in [0.15, 0.2) is 72.8 Å². The molecule has 5 nitrogen and oxygen atoms in total. The van der Waals surface area contributed by atoms with E-state index in [0.29, 0.717) is 11.3 Å². The number of hydrogen-bond acceptors (Lipinski definition) is 3. The highest BCUT2D eigenvalue weighted by Gasteiger charge is 2.19. The van der Waals surface area contributed by atoms with Crippen LogP contribution in [0, 0.1) is 0 Å². The topological polar surface area (TPSA) is 66.5 Å². The summed E-state index contributed by atoms with van der Waals surface area (Å²) in [6, 6.07) is 22.5. The van der Waals surface area contributed by atoms with Crippen molar-refractivity contribution >= 4 is 21.6 Å². The summed E-state index contributed by atoms with van der Waals surface area (Å²) in [5.74, 6) is -0.146. The van der Waals surface area contributed by atoms with Gasteiger partial charge in [-0.1, -0.05) is 48.5 Å². The van der Waals surface area contributed by atoms with Crippen molar-refractivity contribution in [1.82, 2.24) is 5.32 Å². The Morgan fingerprint density at radius 1 is 0.969 bits per heavy atom. The molecule has 1 atom stereocenters. The van der Waals surface area contributed by atoms with E-state index in [9.17, 15) is 13.2 Å². The molecule has 1 N–H and O–H groups in total. The first kappa shape index (κ1) is 22.1. The second-order valence-electron chi connectivity index (χ2n) is 8.38. The van der Waals surface area contributed by atoms with Gasteiger partial charge in [0, 0.05) is 5.56 Å². The number of nitrogens with zero attached hydrogens (tertiary/aromatic N) is 1. The van der Waals surface area contributed by atoms with Gasteiger partial charge in [0.25, 0.3) is 5.91 Å². The molecule has 0 heterocycles. The summed E-state index contributed by atoms with van der Waals surface area (Å²) in [6.45, 7) is 2.20. The number of hydrogen-bond donors (Lipinski definition) is 1. The van der Waals surface area contributed by atoms with Gasteiger partial charge in [-0.05, 0) is 72.7 Å². The van der Waals surface area contributed by atoms with E-state index >= 15 is 0 Å². The Bertz CT molecular complexity index is 1210. The second kappa shape index (κ2) is 9.17. The molecular formula is C26H28N2O3S. The van der Waals surface area contributed by atoms with E-state index in [1.54, 1.807) is 36.4 Å². The third kappa shape index (κ3) is 5.02. The molecule has 32 heavy (non-hydrogen) atoms. The predicted octanol–water partition coefficient (Wildman–Crippen LogP) is 4.63. The van der Waals surface area contributed by atoms with Crippen LogP contribution < -0.4 is 9.62 Å². The van der Waals surface area contributed by atoms with E-state index in [4.69, 9.17) is 0 Å².